The molecule has 2 aromatic carbocycles. The number of rotatable bonds is 4. The molecule has 0 aliphatic carbocycles. The molecule has 0 unspecified atom stereocenters. The Balaban J connectivity index is 1.90. The smallest absolute Gasteiger partial charge is 0.134 e. The van der Waals surface area contributed by atoms with Gasteiger partial charge in [0, 0.05) is 10.9 Å². The van der Waals surface area contributed by atoms with Gasteiger partial charge in [0.1, 0.15) is 11.1 Å². The van der Waals surface area contributed by atoms with E-state index in [4.69, 9.17) is 0 Å². The van der Waals surface area contributed by atoms with Crippen molar-refractivity contribution in [3.8, 4) is 17.3 Å². The van der Waals surface area contributed by atoms with Crippen LogP contribution >= 0.6 is 11.3 Å². The summed E-state index contributed by atoms with van der Waals surface area (Å²) >= 11 is 1.50. The minimum atomic E-state index is 0.599. The van der Waals surface area contributed by atoms with E-state index in [1.165, 1.54) is 16.9 Å². The number of nitrogens with zero attached hydrogens (tertiary/aromatic N) is 2. The van der Waals surface area contributed by atoms with E-state index < -0.39 is 0 Å². The number of aryl methyl sites for hydroxylation is 1. The zero-order chi connectivity index (χ0) is 16.1. The van der Waals surface area contributed by atoms with E-state index in [1.807, 2.05) is 53.9 Å². The second-order valence-corrected chi connectivity index (χ2v) is 6.03. The van der Waals surface area contributed by atoms with Crippen molar-refractivity contribution in [2.75, 3.05) is 0 Å². The first-order valence-electron chi connectivity index (χ1n) is 7.52. The van der Waals surface area contributed by atoms with Crippen LogP contribution in [0.25, 0.3) is 22.9 Å². The van der Waals surface area contributed by atoms with E-state index in [9.17, 15) is 5.26 Å². The zero-order valence-electron chi connectivity index (χ0n) is 12.9. The Morgan fingerprint density at radius 3 is 2.52 bits per heavy atom. The van der Waals surface area contributed by atoms with Gasteiger partial charge in [0.2, 0.25) is 0 Å². The van der Waals surface area contributed by atoms with Crippen LogP contribution in [-0.4, -0.2) is 4.98 Å². The third-order valence-corrected chi connectivity index (χ3v) is 4.50. The number of hydrogen-bond acceptors (Lipinski definition) is 3. The van der Waals surface area contributed by atoms with Crippen LogP contribution in [0.1, 0.15) is 23.1 Å². The summed E-state index contributed by atoms with van der Waals surface area (Å²) in [6.07, 6.45) is 2.91. The molecule has 0 radical (unpaired) electrons. The largest absolute Gasteiger partial charge is 0.235 e. The Kier molecular flexibility index (Phi) is 4.65. The maximum atomic E-state index is 9.47. The SMILES string of the molecule is CCc1ccc(/C=C(/C#N)c2nc(-c3ccccc3)cs2)cc1. The average Bonchev–Trinajstić information content (AvgIpc) is 3.11. The number of hydrogen-bond donors (Lipinski definition) is 0. The molecule has 23 heavy (non-hydrogen) atoms. The first-order chi connectivity index (χ1) is 11.3. The Morgan fingerprint density at radius 2 is 1.87 bits per heavy atom. The molecule has 2 nitrogen and oxygen atoms in total. The van der Waals surface area contributed by atoms with Crippen LogP contribution in [0.15, 0.2) is 60.0 Å². The molecule has 0 aliphatic heterocycles. The van der Waals surface area contributed by atoms with Gasteiger partial charge in [0.15, 0.2) is 0 Å². The quantitative estimate of drug-likeness (QED) is 0.601. The Bertz CT molecular complexity index is 853. The van der Waals surface area contributed by atoms with Gasteiger partial charge >= 0.3 is 0 Å². The molecule has 3 rings (SSSR count). The highest BCUT2D eigenvalue weighted by atomic mass is 32.1. The summed E-state index contributed by atoms with van der Waals surface area (Å²) in [5.41, 5.74) is 4.89. The van der Waals surface area contributed by atoms with E-state index in [1.54, 1.807) is 0 Å². The first-order valence-corrected chi connectivity index (χ1v) is 8.40. The second-order valence-electron chi connectivity index (χ2n) is 5.17. The predicted octanol–water partition coefficient (Wildman–Crippen LogP) is 5.44. The second kappa shape index (κ2) is 7.04. The molecule has 0 fully saturated rings. The number of allylic oxidation sites excluding steroid dienone is 1. The zero-order valence-corrected chi connectivity index (χ0v) is 13.7. The Hall–Kier alpha value is -2.70. The molecule has 3 aromatic rings. The fraction of sp³-hybridized carbons (Fsp3) is 0.100. The molecule has 0 N–H and O–H groups in total. The normalized spacial score (nSPS) is 11.2. The molecule has 3 heteroatoms. The maximum absolute atomic E-state index is 9.47. The van der Waals surface area contributed by atoms with E-state index >= 15 is 0 Å². The minimum Gasteiger partial charge on any atom is -0.235 e. The van der Waals surface area contributed by atoms with E-state index in [-0.39, 0.29) is 0 Å². The molecule has 0 bridgehead atoms. The molecule has 112 valence electrons. The van der Waals surface area contributed by atoms with Crippen molar-refractivity contribution < 1.29 is 0 Å². The van der Waals surface area contributed by atoms with Crippen LogP contribution in [0.2, 0.25) is 0 Å². The maximum Gasteiger partial charge on any atom is 0.134 e. The lowest BCUT2D eigenvalue weighted by molar-refractivity contribution is 1.14. The van der Waals surface area contributed by atoms with Crippen molar-refractivity contribution in [3.63, 3.8) is 0 Å². The van der Waals surface area contributed by atoms with Crippen LogP contribution in [0, 0.1) is 11.3 Å². The molecular weight excluding hydrogens is 300 g/mol. The van der Waals surface area contributed by atoms with Crippen LogP contribution in [0.3, 0.4) is 0 Å². The monoisotopic (exact) mass is 316 g/mol. The number of thiazole rings is 1. The van der Waals surface area contributed by atoms with Crippen LogP contribution in [0.5, 0.6) is 0 Å². The predicted molar refractivity (Wildman–Crippen MR) is 96.9 cm³/mol. The fourth-order valence-corrected chi connectivity index (χ4v) is 3.09. The van der Waals surface area contributed by atoms with Gasteiger partial charge in [-0.1, -0.05) is 61.5 Å². The third kappa shape index (κ3) is 3.56. The van der Waals surface area contributed by atoms with E-state index in [2.05, 4.69) is 30.1 Å². The summed E-state index contributed by atoms with van der Waals surface area (Å²) in [7, 11) is 0. The van der Waals surface area contributed by atoms with Gasteiger partial charge < -0.3 is 0 Å². The molecule has 0 atom stereocenters. The highest BCUT2D eigenvalue weighted by Crippen LogP contribution is 2.27. The van der Waals surface area contributed by atoms with Crippen molar-refractivity contribution in [1.82, 2.24) is 4.98 Å². The Labute approximate surface area is 140 Å². The lowest BCUT2D eigenvalue weighted by Crippen LogP contribution is -1.84. The third-order valence-electron chi connectivity index (χ3n) is 3.62. The van der Waals surface area contributed by atoms with Crippen molar-refractivity contribution in [3.05, 3.63) is 76.1 Å². The van der Waals surface area contributed by atoms with Gasteiger partial charge in [0.05, 0.1) is 11.3 Å². The molecule has 0 amide bonds. The highest BCUT2D eigenvalue weighted by Gasteiger charge is 2.08. The number of nitriles is 1. The topological polar surface area (TPSA) is 36.7 Å². The van der Waals surface area contributed by atoms with Gasteiger partial charge in [0.25, 0.3) is 0 Å². The van der Waals surface area contributed by atoms with Crippen LogP contribution in [-0.2, 0) is 6.42 Å². The summed E-state index contributed by atoms with van der Waals surface area (Å²) in [4.78, 5) is 4.61. The van der Waals surface area contributed by atoms with Crippen molar-refractivity contribution >= 4 is 23.0 Å². The molecule has 0 saturated carbocycles. The highest BCUT2D eigenvalue weighted by molar-refractivity contribution is 7.11. The van der Waals surface area contributed by atoms with E-state index in [0.717, 1.165) is 28.2 Å². The van der Waals surface area contributed by atoms with Crippen molar-refractivity contribution in [1.29, 1.82) is 5.26 Å². The average molecular weight is 316 g/mol. The molecule has 0 spiro atoms. The summed E-state index contributed by atoms with van der Waals surface area (Å²) in [5, 5.41) is 12.2. The lowest BCUT2D eigenvalue weighted by Gasteiger charge is -1.99. The van der Waals surface area contributed by atoms with Gasteiger partial charge in [-0.2, -0.15) is 5.26 Å². The van der Waals surface area contributed by atoms with Gasteiger partial charge in [-0.25, -0.2) is 4.98 Å². The summed E-state index contributed by atoms with van der Waals surface area (Å²) in [5.74, 6) is 0. The van der Waals surface area contributed by atoms with Gasteiger partial charge in [-0.15, -0.1) is 11.3 Å². The molecule has 1 aromatic heterocycles. The Morgan fingerprint density at radius 1 is 1.13 bits per heavy atom. The number of aromatic nitrogens is 1. The summed E-state index contributed by atoms with van der Waals surface area (Å²) in [6.45, 7) is 2.13. The first kappa shape index (κ1) is 15.2. The minimum absolute atomic E-state index is 0.599. The molecule has 0 aliphatic rings. The molecular formula is C20H16N2S. The van der Waals surface area contributed by atoms with Gasteiger partial charge in [-0.05, 0) is 23.6 Å². The van der Waals surface area contributed by atoms with Crippen LogP contribution < -0.4 is 0 Å². The lowest BCUT2D eigenvalue weighted by atomic mass is 10.1. The standard InChI is InChI=1S/C20H16N2S/c1-2-15-8-10-16(11-9-15)12-18(13-21)20-22-19(14-23-20)17-6-4-3-5-7-17/h3-12,14H,2H2,1H3/b18-12-. The fourth-order valence-electron chi connectivity index (χ4n) is 2.30. The van der Waals surface area contributed by atoms with Crippen LogP contribution in [0.4, 0.5) is 0 Å². The summed E-state index contributed by atoms with van der Waals surface area (Å²) < 4.78 is 0. The van der Waals surface area contributed by atoms with Crippen molar-refractivity contribution in [2.24, 2.45) is 0 Å². The van der Waals surface area contributed by atoms with E-state index in [0.29, 0.717) is 5.57 Å². The molecule has 1 heterocycles. The van der Waals surface area contributed by atoms with Gasteiger partial charge in [-0.3, -0.25) is 0 Å². The molecule has 0 saturated heterocycles. The summed E-state index contributed by atoms with van der Waals surface area (Å²) in [6, 6.07) is 20.6. The van der Waals surface area contributed by atoms with Crippen molar-refractivity contribution in [2.45, 2.75) is 13.3 Å². The number of benzene rings is 2.